The fourth-order valence-corrected chi connectivity index (χ4v) is 7.75. The molecule has 4 atom stereocenters. The third-order valence-corrected chi connectivity index (χ3v) is 9.25. The lowest BCUT2D eigenvalue weighted by Gasteiger charge is -2.39. The van der Waals surface area contributed by atoms with Crippen LogP contribution in [0.4, 0.5) is 5.69 Å². The van der Waals surface area contributed by atoms with E-state index in [0.717, 1.165) is 12.8 Å². The number of nitrogens with two attached hydrogens (primary N) is 3. The van der Waals surface area contributed by atoms with E-state index < -0.39 is 42.5 Å². The molecule has 14 nitrogen and oxygen atoms in total. The van der Waals surface area contributed by atoms with Crippen LogP contribution in [0.2, 0.25) is 0 Å². The Morgan fingerprint density at radius 3 is 2.38 bits per heavy atom. The van der Waals surface area contributed by atoms with Crippen molar-refractivity contribution in [3.05, 3.63) is 12.1 Å². The van der Waals surface area contributed by atoms with E-state index in [-0.39, 0.29) is 17.9 Å². The van der Waals surface area contributed by atoms with Gasteiger partial charge in [-0.1, -0.05) is 0 Å². The third-order valence-electron chi connectivity index (χ3n) is 6.67. The van der Waals surface area contributed by atoms with E-state index in [1.54, 1.807) is 0 Å². The molecule has 16 heteroatoms. The largest absolute Gasteiger partial charge is 0.390 e. The van der Waals surface area contributed by atoms with Crippen LogP contribution in [-0.2, 0) is 20.0 Å². The molecule has 1 aromatic heterocycles. The number of aromatic amines is 1. The van der Waals surface area contributed by atoms with Crippen molar-refractivity contribution in [3.8, 4) is 11.4 Å². The first-order valence-electron chi connectivity index (χ1n) is 10.8. The van der Waals surface area contributed by atoms with Gasteiger partial charge in [0.1, 0.15) is 9.79 Å². The number of sulfonamides is 2. The second-order valence-corrected chi connectivity index (χ2v) is 11.9. The molecule has 1 aliphatic heterocycles. The molecule has 34 heavy (non-hydrogen) atoms. The maximum Gasteiger partial charge on any atom is 0.242 e. The molecule has 1 saturated carbocycles. The lowest BCUT2D eigenvalue weighted by Crippen LogP contribution is -2.44. The minimum Gasteiger partial charge on any atom is -0.390 e. The number of hydrogen-bond acceptors (Lipinski definition) is 11. The molecule has 0 unspecified atom stereocenters. The highest BCUT2D eigenvalue weighted by Gasteiger charge is 2.42. The van der Waals surface area contributed by atoms with Crippen molar-refractivity contribution >= 4 is 25.7 Å². The van der Waals surface area contributed by atoms with Gasteiger partial charge in [0.25, 0.3) is 0 Å². The molecule has 2 bridgehead atoms. The monoisotopic (exact) mass is 515 g/mol. The van der Waals surface area contributed by atoms with Crippen LogP contribution < -0.4 is 26.2 Å². The summed E-state index contributed by atoms with van der Waals surface area (Å²) in [6, 6.07) is 2.71. The molecule has 0 spiro atoms. The third kappa shape index (κ3) is 4.66. The van der Waals surface area contributed by atoms with E-state index in [9.17, 15) is 21.9 Å². The van der Waals surface area contributed by atoms with Crippen LogP contribution in [-0.4, -0.2) is 81.4 Å². The van der Waals surface area contributed by atoms with E-state index >= 15 is 0 Å². The van der Waals surface area contributed by atoms with Crippen molar-refractivity contribution in [2.24, 2.45) is 34.4 Å². The highest BCUT2D eigenvalue weighted by molar-refractivity contribution is 7.92. The Morgan fingerprint density at radius 1 is 1.18 bits per heavy atom. The summed E-state index contributed by atoms with van der Waals surface area (Å²) in [6.07, 6.45) is 0.883. The molecular weight excluding hydrogens is 486 g/mol. The number of nitrogens with zero attached hydrogens (tertiary/aromatic N) is 4. The quantitative estimate of drug-likeness (QED) is 0.205. The van der Waals surface area contributed by atoms with Gasteiger partial charge < -0.3 is 21.5 Å². The van der Waals surface area contributed by atoms with Gasteiger partial charge in [-0.25, -0.2) is 26.7 Å². The number of aliphatic hydroxyl groups excluding tert-OH is 1. The van der Waals surface area contributed by atoms with Gasteiger partial charge >= 0.3 is 0 Å². The Bertz CT molecular complexity index is 1220. The molecule has 1 aromatic carbocycles. The van der Waals surface area contributed by atoms with Crippen molar-refractivity contribution in [2.45, 2.75) is 28.7 Å². The maximum absolute atomic E-state index is 13.1. The summed E-state index contributed by atoms with van der Waals surface area (Å²) < 4.78 is 53.8. The lowest BCUT2D eigenvalue weighted by atomic mass is 9.85. The maximum atomic E-state index is 13.1. The minimum atomic E-state index is -4.58. The number of anilines is 1. The molecule has 2 aliphatic rings. The molecular formula is C18H29N9O5S2. The minimum absolute atomic E-state index is 0.0518. The number of aromatic nitrogens is 4. The number of hydrogen-bond donors (Lipinski definition) is 6. The van der Waals surface area contributed by atoms with Gasteiger partial charge in [0, 0.05) is 31.9 Å². The van der Waals surface area contributed by atoms with Crippen molar-refractivity contribution in [3.63, 3.8) is 0 Å². The van der Waals surface area contributed by atoms with Gasteiger partial charge in [-0.05, 0) is 54.5 Å². The average Bonchev–Trinajstić information content (AvgIpc) is 3.41. The Hall–Kier alpha value is -2.21. The van der Waals surface area contributed by atoms with Crippen LogP contribution in [0.3, 0.4) is 0 Å². The Balaban J connectivity index is 1.87. The molecule has 4 rings (SSSR count). The van der Waals surface area contributed by atoms with Crippen LogP contribution in [0.25, 0.3) is 11.4 Å². The van der Waals surface area contributed by atoms with Gasteiger partial charge in [0.2, 0.25) is 25.9 Å². The molecule has 0 radical (unpaired) electrons. The molecule has 9 N–H and O–H groups in total. The number of piperidine rings is 1. The van der Waals surface area contributed by atoms with Crippen molar-refractivity contribution in [2.75, 3.05) is 37.6 Å². The highest BCUT2D eigenvalue weighted by Crippen LogP contribution is 2.45. The van der Waals surface area contributed by atoms with Crippen molar-refractivity contribution < 1.29 is 21.9 Å². The number of fused-ring (bicyclic) bond motifs is 2. The zero-order valence-electron chi connectivity index (χ0n) is 18.3. The van der Waals surface area contributed by atoms with Gasteiger partial charge in [-0.2, -0.15) is 5.21 Å². The smallest absolute Gasteiger partial charge is 0.242 e. The first kappa shape index (κ1) is 24.9. The fraction of sp³-hybridized carbons (Fsp3) is 0.611. The Morgan fingerprint density at radius 2 is 1.85 bits per heavy atom. The highest BCUT2D eigenvalue weighted by atomic mass is 32.2. The second kappa shape index (κ2) is 9.44. The molecule has 2 fully saturated rings. The van der Waals surface area contributed by atoms with Crippen LogP contribution in [0.1, 0.15) is 12.8 Å². The number of rotatable bonds is 9. The fourth-order valence-electron chi connectivity index (χ4n) is 5.08. The Labute approximate surface area is 197 Å². The van der Waals surface area contributed by atoms with E-state index in [4.69, 9.17) is 16.6 Å². The first-order chi connectivity index (χ1) is 16.1. The summed E-state index contributed by atoms with van der Waals surface area (Å²) in [6.45, 7) is 1.25. The molecule has 1 aliphatic carbocycles. The molecule has 2 aromatic rings. The normalized spacial score (nSPS) is 23.9. The van der Waals surface area contributed by atoms with Crippen molar-refractivity contribution in [1.82, 2.24) is 25.3 Å². The van der Waals surface area contributed by atoms with E-state index in [1.807, 2.05) is 4.90 Å². The summed E-state index contributed by atoms with van der Waals surface area (Å²) in [4.78, 5) is 0.786. The number of benzene rings is 1. The topological polar surface area (TPSA) is 236 Å². The number of tetrazole rings is 1. The predicted molar refractivity (Wildman–Crippen MR) is 122 cm³/mol. The second-order valence-electron chi connectivity index (χ2n) is 8.71. The molecule has 188 valence electrons. The van der Waals surface area contributed by atoms with Crippen molar-refractivity contribution in [1.29, 1.82) is 0 Å². The predicted octanol–water partition coefficient (Wildman–Crippen LogP) is -2.47. The summed E-state index contributed by atoms with van der Waals surface area (Å²) >= 11 is 0. The van der Waals surface area contributed by atoms with Crippen LogP contribution >= 0.6 is 0 Å². The van der Waals surface area contributed by atoms with Gasteiger partial charge in [-0.3, -0.25) is 0 Å². The summed E-state index contributed by atoms with van der Waals surface area (Å²) in [7, 11) is -8.99. The van der Waals surface area contributed by atoms with E-state index in [0.29, 0.717) is 43.1 Å². The van der Waals surface area contributed by atoms with Gasteiger partial charge in [0.05, 0.1) is 11.7 Å². The van der Waals surface area contributed by atoms with E-state index in [2.05, 4.69) is 25.3 Å². The zero-order valence-corrected chi connectivity index (χ0v) is 20.0. The number of aliphatic hydroxyl groups is 1. The standard InChI is InChI=1S/C18H29N9O5S2/c19-5-12(28)7-22-34(31,32)15-4-3-14(27-8-10-1-2-11(9-27)13(10)6-20)16(17(15)33(21,29)30)18-23-25-26-24-18/h3-4,10-13,22,28H,1-2,5-9,19-20H2,(H2,21,29,30)(H,23,24,25,26)/t10-,11+,12-,13+/m1/s1. The molecule has 0 amide bonds. The van der Waals surface area contributed by atoms with Crippen LogP contribution in [0.15, 0.2) is 21.9 Å². The van der Waals surface area contributed by atoms with Gasteiger partial charge in [0.15, 0.2) is 0 Å². The zero-order chi connectivity index (χ0) is 24.7. The van der Waals surface area contributed by atoms with Gasteiger partial charge in [-0.15, -0.1) is 10.2 Å². The van der Waals surface area contributed by atoms with Crippen LogP contribution in [0, 0.1) is 17.8 Å². The van der Waals surface area contributed by atoms with E-state index in [1.165, 1.54) is 12.1 Å². The lowest BCUT2D eigenvalue weighted by molar-refractivity contribution is 0.186. The molecule has 1 saturated heterocycles. The summed E-state index contributed by atoms with van der Waals surface area (Å²) in [5.74, 6) is 0.956. The number of primary sulfonamides is 1. The molecule has 2 heterocycles. The summed E-state index contributed by atoms with van der Waals surface area (Å²) in [5, 5.41) is 28.9. The first-order valence-corrected chi connectivity index (χ1v) is 13.9. The van der Waals surface area contributed by atoms with Crippen LogP contribution in [0.5, 0.6) is 0 Å². The number of nitrogens with one attached hydrogen (secondary N) is 2. The Kier molecular flexibility index (Phi) is 6.92. The summed E-state index contributed by atoms with van der Waals surface area (Å²) in [5.41, 5.74) is 11.7. The number of H-pyrrole nitrogens is 1. The average molecular weight is 516 g/mol. The SMILES string of the molecule is NC[C@@H](O)CNS(=O)(=O)c1ccc(N2C[C@H]3CC[C@@H](C2)[C@H]3CN)c(-c2nn[nH]n2)c1S(N)(=O)=O.